The van der Waals surface area contributed by atoms with Crippen molar-refractivity contribution in [1.29, 1.82) is 0 Å². The second-order valence-corrected chi connectivity index (χ2v) is 8.52. The lowest BCUT2D eigenvalue weighted by atomic mass is 10.0. The zero-order chi connectivity index (χ0) is 23.3. The van der Waals surface area contributed by atoms with E-state index in [0.717, 1.165) is 35.1 Å². The van der Waals surface area contributed by atoms with Gasteiger partial charge in [-0.1, -0.05) is 12.1 Å². The van der Waals surface area contributed by atoms with Crippen molar-refractivity contribution in [3.05, 3.63) is 47.8 Å². The van der Waals surface area contributed by atoms with E-state index < -0.39 is 24.8 Å². The van der Waals surface area contributed by atoms with Gasteiger partial charge in [0.2, 0.25) is 5.91 Å². The van der Waals surface area contributed by atoms with Crippen LogP contribution < -0.4 is 9.80 Å². The molecule has 172 valence electrons. The van der Waals surface area contributed by atoms with Gasteiger partial charge in [-0.2, -0.15) is 18.3 Å². The van der Waals surface area contributed by atoms with Crippen LogP contribution in [0.5, 0.6) is 0 Å². The number of carbonyl (C=O) groups is 2. The Bertz CT molecular complexity index is 1250. The van der Waals surface area contributed by atoms with Gasteiger partial charge in [0.25, 0.3) is 0 Å². The van der Waals surface area contributed by atoms with Crippen molar-refractivity contribution < 1.29 is 22.8 Å². The molecule has 2 aliphatic heterocycles. The molecule has 1 atom stereocenters. The number of alkyl halides is 3. The molecule has 0 N–H and O–H groups in total. The molecule has 2 aromatic heterocycles. The predicted molar refractivity (Wildman–Crippen MR) is 116 cm³/mol. The summed E-state index contributed by atoms with van der Waals surface area (Å²) in [7, 11) is 1.84. The van der Waals surface area contributed by atoms with Crippen LogP contribution in [0.4, 0.5) is 24.7 Å². The third-order valence-corrected chi connectivity index (χ3v) is 6.37. The van der Waals surface area contributed by atoms with Gasteiger partial charge in [0.1, 0.15) is 5.69 Å². The molecule has 4 heterocycles. The van der Waals surface area contributed by atoms with Crippen LogP contribution in [-0.2, 0) is 18.3 Å². The van der Waals surface area contributed by atoms with Crippen LogP contribution in [0.25, 0.3) is 10.9 Å². The number of hydrogen-bond acceptors (Lipinski definition) is 5. The van der Waals surface area contributed by atoms with E-state index in [2.05, 4.69) is 15.0 Å². The van der Waals surface area contributed by atoms with Crippen LogP contribution >= 0.6 is 0 Å². The molecule has 1 aromatic carbocycles. The van der Waals surface area contributed by atoms with Gasteiger partial charge in [0, 0.05) is 31.9 Å². The lowest BCUT2D eigenvalue weighted by molar-refractivity contribution is -0.133. The van der Waals surface area contributed by atoms with E-state index in [1.807, 2.05) is 25.2 Å². The monoisotopic (exact) mass is 457 g/mol. The fourth-order valence-electron chi connectivity index (χ4n) is 4.71. The summed E-state index contributed by atoms with van der Waals surface area (Å²) in [5.74, 6) is -0.493. The topological polar surface area (TPSA) is 71.3 Å². The second kappa shape index (κ2) is 7.86. The maximum absolute atomic E-state index is 13.5. The van der Waals surface area contributed by atoms with E-state index in [4.69, 9.17) is 0 Å². The fraction of sp³-hybridized carbons (Fsp3) is 0.391. The smallest absolute Gasteiger partial charge is 0.366 e. The van der Waals surface area contributed by atoms with E-state index in [0.29, 0.717) is 12.4 Å². The number of Topliss-reactive ketones (excluding diaryl/α,β-unsaturated/α-hetero) is 1. The number of carbonyl (C=O) groups excluding carboxylic acids is 2. The molecule has 5 rings (SSSR count). The molecule has 33 heavy (non-hydrogen) atoms. The summed E-state index contributed by atoms with van der Waals surface area (Å²) < 4.78 is 39.4. The van der Waals surface area contributed by atoms with Crippen LogP contribution in [0.1, 0.15) is 35.3 Å². The number of benzene rings is 1. The van der Waals surface area contributed by atoms with Gasteiger partial charge in [-0.25, -0.2) is 4.98 Å². The molecule has 7 nitrogen and oxygen atoms in total. The number of rotatable bonds is 5. The molecule has 0 aliphatic carbocycles. The minimum absolute atomic E-state index is 0.0485. The van der Waals surface area contributed by atoms with E-state index in [9.17, 15) is 22.8 Å². The van der Waals surface area contributed by atoms with E-state index in [1.54, 1.807) is 21.8 Å². The van der Waals surface area contributed by atoms with Crippen LogP contribution in [0, 0.1) is 0 Å². The number of anilines is 2. The number of ketones is 1. The first-order valence-corrected chi connectivity index (χ1v) is 10.8. The number of aromatic nitrogens is 3. The van der Waals surface area contributed by atoms with E-state index >= 15 is 0 Å². The number of pyridine rings is 1. The Morgan fingerprint density at radius 3 is 2.79 bits per heavy atom. The maximum atomic E-state index is 13.5. The second-order valence-electron chi connectivity index (χ2n) is 8.52. The normalized spacial score (nSPS) is 17.5. The summed E-state index contributed by atoms with van der Waals surface area (Å²) in [5, 5.41) is 5.16. The Morgan fingerprint density at radius 1 is 1.18 bits per heavy atom. The molecule has 1 amide bonds. The van der Waals surface area contributed by atoms with Crippen molar-refractivity contribution in [1.82, 2.24) is 14.8 Å². The number of nitrogens with zero attached hydrogens (tertiary/aromatic N) is 5. The summed E-state index contributed by atoms with van der Waals surface area (Å²) >= 11 is 0. The molecule has 1 fully saturated rings. The first-order chi connectivity index (χ1) is 15.7. The number of aryl methyl sites for hydroxylation is 1. The molecule has 0 saturated carbocycles. The summed E-state index contributed by atoms with van der Waals surface area (Å²) in [6.07, 6.45) is -3.65. The molecule has 3 aromatic rings. The summed E-state index contributed by atoms with van der Waals surface area (Å²) in [6, 6.07) is 8.75. The van der Waals surface area contributed by atoms with Gasteiger partial charge in [0.05, 0.1) is 36.3 Å². The summed E-state index contributed by atoms with van der Waals surface area (Å²) in [4.78, 5) is 34.0. The maximum Gasteiger partial charge on any atom is 0.389 e. The first-order valence-electron chi connectivity index (χ1n) is 10.8. The highest BCUT2D eigenvalue weighted by Crippen LogP contribution is 2.39. The van der Waals surface area contributed by atoms with Gasteiger partial charge < -0.3 is 4.90 Å². The minimum Gasteiger partial charge on any atom is -0.366 e. The Labute approximate surface area is 187 Å². The zero-order valence-electron chi connectivity index (χ0n) is 18.0. The summed E-state index contributed by atoms with van der Waals surface area (Å²) in [6.45, 7) is 1.42. The van der Waals surface area contributed by atoms with Crippen LogP contribution in [0.2, 0.25) is 0 Å². The lowest BCUT2D eigenvalue weighted by Gasteiger charge is -2.36. The first kappa shape index (κ1) is 21.4. The molecule has 10 heteroatoms. The fourth-order valence-corrected chi connectivity index (χ4v) is 4.71. The molecule has 1 saturated heterocycles. The molecular weight excluding hydrogens is 435 g/mol. The third-order valence-electron chi connectivity index (χ3n) is 6.37. The van der Waals surface area contributed by atoms with Crippen molar-refractivity contribution in [2.24, 2.45) is 7.05 Å². The Hall–Kier alpha value is -3.43. The standard InChI is InChI=1S/C23H22F3N5O2/c1-29-18-4-2-3-14(16(18)12-27-29)11-21(33)31-15-8-10-30(13-15)19-6-5-17(28-22(19)31)20(32)7-9-23(24,25)26/h2-6,12,15H,7-11,13H2,1H3/t15-/m0/s1. The highest BCUT2D eigenvalue weighted by Gasteiger charge is 2.40. The van der Waals surface area contributed by atoms with Crippen molar-refractivity contribution in [3.8, 4) is 0 Å². The van der Waals surface area contributed by atoms with Gasteiger partial charge in [0.15, 0.2) is 11.6 Å². The lowest BCUT2D eigenvalue weighted by Crippen LogP contribution is -2.47. The van der Waals surface area contributed by atoms with Crippen molar-refractivity contribution in [2.75, 3.05) is 22.9 Å². The highest BCUT2D eigenvalue weighted by atomic mass is 19.4. The quantitative estimate of drug-likeness (QED) is 0.547. The molecule has 0 radical (unpaired) electrons. The number of halogens is 3. The van der Waals surface area contributed by atoms with Crippen LogP contribution in [0.15, 0.2) is 36.5 Å². The summed E-state index contributed by atoms with van der Waals surface area (Å²) in [5.41, 5.74) is 2.43. The number of amides is 1. The average molecular weight is 457 g/mol. The van der Waals surface area contributed by atoms with Gasteiger partial charge in [-0.05, 0) is 30.2 Å². The van der Waals surface area contributed by atoms with E-state index in [1.165, 1.54) is 6.07 Å². The van der Waals surface area contributed by atoms with Crippen LogP contribution in [0.3, 0.4) is 0 Å². The molecule has 2 aliphatic rings. The largest absolute Gasteiger partial charge is 0.389 e. The van der Waals surface area contributed by atoms with Crippen molar-refractivity contribution in [2.45, 2.75) is 37.9 Å². The zero-order valence-corrected chi connectivity index (χ0v) is 18.0. The average Bonchev–Trinajstić information content (AvgIpc) is 3.36. The SMILES string of the molecule is Cn1ncc2c(CC(=O)N3c4nc(C(=O)CCC(F)(F)F)ccc4N4CC[C@H]3C4)cccc21. The predicted octanol–water partition coefficient (Wildman–Crippen LogP) is 3.66. The van der Waals surface area contributed by atoms with Crippen molar-refractivity contribution >= 4 is 34.1 Å². The number of hydrogen-bond donors (Lipinski definition) is 0. The molecule has 0 unspecified atom stereocenters. The van der Waals surface area contributed by atoms with Gasteiger partial charge in [-0.3, -0.25) is 19.2 Å². The third kappa shape index (κ3) is 3.94. The van der Waals surface area contributed by atoms with Gasteiger partial charge >= 0.3 is 6.18 Å². The Morgan fingerprint density at radius 2 is 2.00 bits per heavy atom. The van der Waals surface area contributed by atoms with Crippen molar-refractivity contribution in [3.63, 3.8) is 0 Å². The molecular formula is C23H22F3N5O2. The Balaban J connectivity index is 1.46. The molecule has 2 bridgehead atoms. The Kier molecular flexibility index (Phi) is 5.10. The minimum atomic E-state index is -4.41. The highest BCUT2D eigenvalue weighted by molar-refractivity contribution is 6.02. The molecule has 0 spiro atoms. The number of fused-ring (bicyclic) bond motifs is 5. The van der Waals surface area contributed by atoms with E-state index in [-0.39, 0.29) is 24.1 Å². The van der Waals surface area contributed by atoms with Crippen LogP contribution in [-0.4, -0.2) is 51.8 Å². The van der Waals surface area contributed by atoms with Gasteiger partial charge in [-0.15, -0.1) is 0 Å².